The maximum Gasteiger partial charge on any atom is 0.126 e. The Kier molecular flexibility index (Phi) is 8.68. The Bertz CT molecular complexity index is 2100. The molecule has 1 aromatic heterocycles. The van der Waals surface area contributed by atoms with Crippen LogP contribution in [0, 0.1) is 0 Å². The van der Waals surface area contributed by atoms with E-state index in [0.29, 0.717) is 5.56 Å². The Labute approximate surface area is 290 Å². The summed E-state index contributed by atoms with van der Waals surface area (Å²) >= 11 is 1.70. The van der Waals surface area contributed by atoms with Gasteiger partial charge < -0.3 is 5.11 Å². The molecular formula is C44H46N2OS. The van der Waals surface area contributed by atoms with E-state index < -0.39 is 0 Å². The summed E-state index contributed by atoms with van der Waals surface area (Å²) in [7, 11) is 0. The number of nitrogens with zero attached hydrogens (tertiary/aromatic N) is 2. The molecule has 4 heteroatoms. The van der Waals surface area contributed by atoms with Gasteiger partial charge in [-0.25, -0.2) is 4.98 Å². The molecule has 1 heterocycles. The fraction of sp³-hybridized carbons (Fsp3) is 0.273. The molecule has 6 rings (SSSR count). The van der Waals surface area contributed by atoms with E-state index in [0.717, 1.165) is 43.2 Å². The second kappa shape index (κ2) is 12.5. The lowest BCUT2D eigenvalue weighted by Crippen LogP contribution is -2.16. The molecule has 0 amide bonds. The van der Waals surface area contributed by atoms with Gasteiger partial charge in [-0.05, 0) is 86.0 Å². The number of fused-ring (bicyclic) bond motifs is 1. The number of phenolic OH excluding ortho intramolecular Hbond substituents is 1. The summed E-state index contributed by atoms with van der Waals surface area (Å²) in [5, 5.41) is 11.6. The molecule has 3 nitrogen and oxygen atoms in total. The van der Waals surface area contributed by atoms with Gasteiger partial charge in [-0.2, -0.15) is 0 Å². The lowest BCUT2D eigenvalue weighted by Gasteiger charge is -2.26. The van der Waals surface area contributed by atoms with Crippen molar-refractivity contribution in [1.29, 1.82) is 0 Å². The van der Waals surface area contributed by atoms with Gasteiger partial charge in [0.2, 0.25) is 0 Å². The Morgan fingerprint density at radius 1 is 0.583 bits per heavy atom. The van der Waals surface area contributed by atoms with Gasteiger partial charge >= 0.3 is 0 Å². The van der Waals surface area contributed by atoms with Gasteiger partial charge in [-0.1, -0.05) is 129 Å². The van der Waals surface area contributed by atoms with E-state index in [1.807, 2.05) is 30.3 Å². The first kappa shape index (κ1) is 33.4. The standard InChI is InChI=1S/C44H46N2OS/c1-42(2,3)32-19-20-38(47)31(23-32)27-45-37-18-14-13-17-35(37)41-46-40-36(28-15-11-10-12-16-28)24-30(25-39(40)48-41)29-21-33(43(4,5)6)26-34(22-29)44(7,8)9/h10-27,47H,1-9H3. The molecule has 0 aliphatic rings. The van der Waals surface area contributed by atoms with Crippen LogP contribution in [0.1, 0.15) is 84.6 Å². The number of thiazole rings is 1. The van der Waals surface area contributed by atoms with Crippen molar-refractivity contribution in [3.63, 3.8) is 0 Å². The zero-order valence-corrected chi connectivity index (χ0v) is 30.5. The van der Waals surface area contributed by atoms with E-state index in [9.17, 15) is 5.11 Å². The monoisotopic (exact) mass is 650 g/mol. The Morgan fingerprint density at radius 3 is 1.83 bits per heavy atom. The molecule has 0 aliphatic heterocycles. The summed E-state index contributed by atoms with van der Waals surface area (Å²) in [5.74, 6) is 0.217. The highest BCUT2D eigenvalue weighted by molar-refractivity contribution is 7.21. The molecule has 6 aromatic rings. The number of aliphatic imine (C=N–C) groups is 1. The van der Waals surface area contributed by atoms with Crippen LogP contribution in [0.25, 0.3) is 43.0 Å². The maximum atomic E-state index is 10.6. The number of hydrogen-bond donors (Lipinski definition) is 1. The van der Waals surface area contributed by atoms with Gasteiger partial charge in [0.25, 0.3) is 0 Å². The van der Waals surface area contributed by atoms with E-state index in [1.165, 1.54) is 22.3 Å². The van der Waals surface area contributed by atoms with Crippen molar-refractivity contribution in [3.05, 3.63) is 125 Å². The Morgan fingerprint density at radius 2 is 1.19 bits per heavy atom. The molecule has 0 spiro atoms. The van der Waals surface area contributed by atoms with Gasteiger partial charge in [0.05, 0.1) is 15.9 Å². The van der Waals surface area contributed by atoms with Crippen LogP contribution in [0.5, 0.6) is 5.75 Å². The molecule has 0 fully saturated rings. The Hall–Kier alpha value is -4.54. The second-order valence-electron chi connectivity index (χ2n) is 15.9. The minimum absolute atomic E-state index is 0.0229. The number of rotatable bonds is 5. The largest absolute Gasteiger partial charge is 0.507 e. The van der Waals surface area contributed by atoms with Gasteiger partial charge in [-0.15, -0.1) is 11.3 Å². The van der Waals surface area contributed by atoms with E-state index in [2.05, 4.69) is 129 Å². The summed E-state index contributed by atoms with van der Waals surface area (Å²) in [5.41, 5.74) is 12.0. The van der Waals surface area contributed by atoms with Crippen molar-refractivity contribution in [1.82, 2.24) is 4.98 Å². The van der Waals surface area contributed by atoms with Gasteiger partial charge in [-0.3, -0.25) is 4.99 Å². The lowest BCUT2D eigenvalue weighted by atomic mass is 9.79. The number of hydrogen-bond acceptors (Lipinski definition) is 4. The minimum Gasteiger partial charge on any atom is -0.507 e. The van der Waals surface area contributed by atoms with Crippen LogP contribution >= 0.6 is 11.3 Å². The van der Waals surface area contributed by atoms with E-state index >= 15 is 0 Å². The number of aromatic nitrogens is 1. The second-order valence-corrected chi connectivity index (χ2v) is 16.9. The van der Waals surface area contributed by atoms with Crippen LogP contribution in [0.15, 0.2) is 108 Å². The summed E-state index contributed by atoms with van der Waals surface area (Å²) in [4.78, 5) is 10.2. The molecule has 1 N–H and O–H groups in total. The van der Waals surface area contributed by atoms with Crippen LogP contribution in [0.3, 0.4) is 0 Å². The van der Waals surface area contributed by atoms with Crippen LogP contribution in [0.2, 0.25) is 0 Å². The zero-order valence-electron chi connectivity index (χ0n) is 29.6. The van der Waals surface area contributed by atoms with Crippen molar-refractivity contribution >= 4 is 33.5 Å². The predicted octanol–water partition coefficient (Wildman–Crippen LogP) is 12.6. The third-order valence-electron chi connectivity index (χ3n) is 8.95. The fourth-order valence-corrected chi connectivity index (χ4v) is 6.91. The number of phenols is 1. The molecule has 0 unspecified atom stereocenters. The molecule has 0 saturated carbocycles. The van der Waals surface area contributed by atoms with Crippen molar-refractivity contribution in [3.8, 4) is 38.6 Å². The summed E-state index contributed by atoms with van der Waals surface area (Å²) in [6.07, 6.45) is 1.76. The molecule has 0 saturated heterocycles. The minimum atomic E-state index is -0.0348. The van der Waals surface area contributed by atoms with Crippen LogP contribution in [0.4, 0.5) is 5.69 Å². The summed E-state index contributed by atoms with van der Waals surface area (Å²) < 4.78 is 1.13. The molecule has 0 radical (unpaired) electrons. The van der Waals surface area contributed by atoms with Crippen LogP contribution in [-0.2, 0) is 16.2 Å². The molecule has 0 aliphatic carbocycles. The highest BCUT2D eigenvalue weighted by Gasteiger charge is 2.22. The first-order valence-electron chi connectivity index (χ1n) is 16.7. The van der Waals surface area contributed by atoms with Crippen molar-refractivity contribution in [2.75, 3.05) is 0 Å². The van der Waals surface area contributed by atoms with Crippen LogP contribution in [-0.4, -0.2) is 16.3 Å². The first-order chi connectivity index (χ1) is 22.6. The maximum absolute atomic E-state index is 10.6. The van der Waals surface area contributed by atoms with E-state index in [4.69, 9.17) is 9.98 Å². The normalized spacial score (nSPS) is 12.7. The van der Waals surface area contributed by atoms with Crippen LogP contribution < -0.4 is 0 Å². The average molecular weight is 651 g/mol. The van der Waals surface area contributed by atoms with E-state index in [-0.39, 0.29) is 22.0 Å². The number of para-hydroxylation sites is 1. The van der Waals surface area contributed by atoms with Gasteiger partial charge in [0.15, 0.2) is 0 Å². The summed E-state index contributed by atoms with van der Waals surface area (Å²) in [6.45, 7) is 20.2. The van der Waals surface area contributed by atoms with Crippen molar-refractivity contribution in [2.24, 2.45) is 4.99 Å². The van der Waals surface area contributed by atoms with Gasteiger partial charge in [0, 0.05) is 22.9 Å². The third kappa shape index (κ3) is 7.00. The third-order valence-corrected chi connectivity index (χ3v) is 9.98. The fourth-order valence-electron chi connectivity index (χ4n) is 5.84. The van der Waals surface area contributed by atoms with Crippen molar-refractivity contribution in [2.45, 2.75) is 78.6 Å². The predicted molar refractivity (Wildman–Crippen MR) is 207 cm³/mol. The van der Waals surface area contributed by atoms with E-state index in [1.54, 1.807) is 23.6 Å². The van der Waals surface area contributed by atoms with Gasteiger partial charge in [0.1, 0.15) is 10.8 Å². The lowest BCUT2D eigenvalue weighted by molar-refractivity contribution is 0.473. The zero-order chi connectivity index (χ0) is 34.4. The number of benzene rings is 5. The SMILES string of the molecule is CC(C)(C)c1cc(-c2cc(-c3ccccc3)c3nc(-c4ccccc4N=Cc4cc(C(C)(C)C)ccc4O)sc3c2)cc(C(C)(C)C)c1. The number of aromatic hydroxyl groups is 1. The highest BCUT2D eigenvalue weighted by atomic mass is 32.1. The molecular weight excluding hydrogens is 605 g/mol. The molecule has 0 atom stereocenters. The molecule has 0 bridgehead atoms. The highest BCUT2D eigenvalue weighted by Crippen LogP contribution is 2.43. The first-order valence-corrected chi connectivity index (χ1v) is 17.5. The average Bonchev–Trinajstić information content (AvgIpc) is 3.47. The van der Waals surface area contributed by atoms with Crippen molar-refractivity contribution < 1.29 is 5.11 Å². The molecule has 48 heavy (non-hydrogen) atoms. The summed E-state index contributed by atoms with van der Waals surface area (Å²) in [6, 6.07) is 36.2. The smallest absolute Gasteiger partial charge is 0.126 e. The molecule has 5 aromatic carbocycles. The quantitative estimate of drug-likeness (QED) is 0.189. The Balaban J connectivity index is 1.51. The molecule has 244 valence electrons. The topological polar surface area (TPSA) is 45.5 Å².